The molecule has 1 unspecified atom stereocenters. The minimum absolute atomic E-state index is 0.0550. The number of carbonyl (C=O) groups excluding carboxylic acids is 3. The summed E-state index contributed by atoms with van der Waals surface area (Å²) in [7, 11) is 0. The van der Waals surface area contributed by atoms with Crippen LogP contribution in [0, 0.1) is 6.92 Å². The molecule has 39 heavy (non-hydrogen) atoms. The minimum Gasteiger partial charge on any atom is -0.507 e. The molecule has 1 atom stereocenters. The first kappa shape index (κ1) is 26.2. The Labute approximate surface area is 227 Å². The van der Waals surface area contributed by atoms with E-state index in [0.29, 0.717) is 17.7 Å². The number of Topliss-reactive ketones (excluding diaryl/α,β-unsaturated/α-hetero) is 1. The first-order valence-electron chi connectivity index (χ1n) is 13.1. The average molecular weight is 526 g/mol. The monoisotopic (exact) mass is 525 g/mol. The van der Waals surface area contributed by atoms with Crippen molar-refractivity contribution in [3.05, 3.63) is 106 Å². The lowest BCUT2D eigenvalue weighted by Gasteiger charge is -2.26. The summed E-state index contributed by atoms with van der Waals surface area (Å²) in [5.74, 6) is -1.28. The Hall–Kier alpha value is -4.39. The van der Waals surface area contributed by atoms with E-state index in [2.05, 4.69) is 0 Å². The number of hydrogen-bond acceptors (Lipinski definition) is 6. The normalized spacial score (nSPS) is 18.2. The number of ether oxygens (including phenoxy) is 2. The van der Waals surface area contributed by atoms with Crippen LogP contribution >= 0.6 is 0 Å². The smallest absolute Gasteiger partial charge is 0.338 e. The zero-order chi connectivity index (χ0) is 27.7. The van der Waals surface area contributed by atoms with Crippen LogP contribution in [0.1, 0.15) is 64.5 Å². The Kier molecular flexibility index (Phi) is 7.24. The van der Waals surface area contributed by atoms with Crippen molar-refractivity contribution < 1.29 is 29.0 Å². The molecule has 0 aromatic heterocycles. The summed E-state index contributed by atoms with van der Waals surface area (Å²) in [5.41, 5.74) is 4.33. The van der Waals surface area contributed by atoms with Crippen LogP contribution in [0.15, 0.2) is 72.3 Å². The van der Waals surface area contributed by atoms with Crippen LogP contribution in [0.25, 0.3) is 5.76 Å². The fourth-order valence-corrected chi connectivity index (χ4v) is 5.12. The number of nitrogens with zero attached hydrogens (tertiary/aromatic N) is 1. The van der Waals surface area contributed by atoms with Gasteiger partial charge in [0, 0.05) is 12.1 Å². The number of hydrogen-bond donors (Lipinski definition) is 1. The molecular weight excluding hydrogens is 494 g/mol. The molecule has 1 N–H and O–H groups in total. The van der Waals surface area contributed by atoms with Crippen molar-refractivity contribution in [3.63, 3.8) is 0 Å². The molecule has 5 rings (SSSR count). The Morgan fingerprint density at radius 3 is 2.51 bits per heavy atom. The molecule has 1 saturated heterocycles. The molecule has 2 heterocycles. The van der Waals surface area contributed by atoms with Gasteiger partial charge in [0.25, 0.3) is 11.7 Å². The van der Waals surface area contributed by atoms with Crippen molar-refractivity contribution in [3.8, 4) is 5.75 Å². The predicted octanol–water partition coefficient (Wildman–Crippen LogP) is 5.51. The van der Waals surface area contributed by atoms with E-state index in [9.17, 15) is 19.5 Å². The second kappa shape index (κ2) is 10.8. The fraction of sp³-hybridized carbons (Fsp3) is 0.281. The minimum atomic E-state index is -0.775. The first-order chi connectivity index (χ1) is 18.7. The Bertz CT molecular complexity index is 1470. The first-order valence-corrected chi connectivity index (χ1v) is 13.1. The van der Waals surface area contributed by atoms with E-state index in [1.807, 2.05) is 37.3 Å². The summed E-state index contributed by atoms with van der Waals surface area (Å²) in [6, 6.07) is 18.9. The van der Waals surface area contributed by atoms with Gasteiger partial charge in [-0.1, -0.05) is 42.0 Å². The third-order valence-corrected chi connectivity index (χ3v) is 6.97. The largest absolute Gasteiger partial charge is 0.507 e. The number of aliphatic hydroxyl groups excluding tert-OH is 1. The summed E-state index contributed by atoms with van der Waals surface area (Å²) < 4.78 is 10.9. The Morgan fingerprint density at radius 2 is 1.79 bits per heavy atom. The zero-order valence-corrected chi connectivity index (χ0v) is 22.3. The fourth-order valence-electron chi connectivity index (χ4n) is 5.12. The number of benzene rings is 3. The van der Waals surface area contributed by atoms with Gasteiger partial charge in [0.05, 0.1) is 29.9 Å². The number of fused-ring (bicyclic) bond motifs is 1. The molecule has 0 spiro atoms. The van der Waals surface area contributed by atoms with Gasteiger partial charge in [0.15, 0.2) is 0 Å². The van der Waals surface area contributed by atoms with Crippen molar-refractivity contribution in [1.29, 1.82) is 0 Å². The van der Waals surface area contributed by atoms with E-state index in [-0.39, 0.29) is 24.0 Å². The summed E-state index contributed by atoms with van der Waals surface area (Å²) in [6.07, 6.45) is 1.45. The van der Waals surface area contributed by atoms with Crippen molar-refractivity contribution in [1.82, 2.24) is 4.90 Å². The molecule has 1 amide bonds. The second-order valence-corrected chi connectivity index (χ2v) is 10.3. The van der Waals surface area contributed by atoms with Gasteiger partial charge in [0.1, 0.15) is 11.5 Å². The molecule has 0 radical (unpaired) electrons. The van der Waals surface area contributed by atoms with Crippen molar-refractivity contribution >= 4 is 23.4 Å². The predicted molar refractivity (Wildman–Crippen MR) is 146 cm³/mol. The standard InChI is InChI=1S/C32H31NO6/c1-19(2)39-32(37)22-11-9-21(10-12-22)18-33-28(24-7-4-6-20(3)16-24)27(30(35)31(33)36)29(34)25-13-14-26-23(17-25)8-5-15-38-26/h4,6-7,9-14,16-17,19,28,34H,5,8,15,18H2,1-3H3/b29-27-. The molecule has 3 aromatic carbocycles. The van der Waals surface area contributed by atoms with Crippen LogP contribution < -0.4 is 4.74 Å². The van der Waals surface area contributed by atoms with Crippen LogP contribution in [-0.2, 0) is 27.3 Å². The SMILES string of the molecule is Cc1cccc(C2/C(=C(/O)c3ccc4c(c3)CCCO4)C(=O)C(=O)N2Cc2ccc(C(=O)OC(C)C)cc2)c1. The number of rotatable bonds is 6. The number of esters is 1. The van der Waals surface area contributed by atoms with E-state index in [0.717, 1.165) is 40.8 Å². The van der Waals surface area contributed by atoms with Gasteiger partial charge in [-0.2, -0.15) is 0 Å². The maximum Gasteiger partial charge on any atom is 0.338 e. The highest BCUT2D eigenvalue weighted by atomic mass is 16.5. The molecule has 1 fully saturated rings. The number of carbonyl (C=O) groups is 3. The van der Waals surface area contributed by atoms with Gasteiger partial charge in [-0.05, 0) is 80.6 Å². The molecule has 0 aliphatic carbocycles. The van der Waals surface area contributed by atoms with E-state index < -0.39 is 23.7 Å². The highest BCUT2D eigenvalue weighted by molar-refractivity contribution is 6.46. The van der Waals surface area contributed by atoms with E-state index in [4.69, 9.17) is 9.47 Å². The third-order valence-electron chi connectivity index (χ3n) is 6.97. The van der Waals surface area contributed by atoms with Crippen LogP contribution in [-0.4, -0.2) is 40.4 Å². The highest BCUT2D eigenvalue weighted by Gasteiger charge is 2.46. The van der Waals surface area contributed by atoms with Crippen LogP contribution in [0.5, 0.6) is 5.75 Å². The lowest BCUT2D eigenvalue weighted by molar-refractivity contribution is -0.140. The topological polar surface area (TPSA) is 93.1 Å². The molecule has 2 aliphatic heterocycles. The summed E-state index contributed by atoms with van der Waals surface area (Å²) in [6.45, 7) is 6.28. The van der Waals surface area contributed by atoms with Gasteiger partial charge in [-0.3, -0.25) is 9.59 Å². The van der Waals surface area contributed by atoms with Crippen molar-refractivity contribution in [2.24, 2.45) is 0 Å². The van der Waals surface area contributed by atoms with Gasteiger partial charge in [0.2, 0.25) is 0 Å². The second-order valence-electron chi connectivity index (χ2n) is 10.3. The van der Waals surface area contributed by atoms with Crippen LogP contribution in [0.4, 0.5) is 0 Å². The van der Waals surface area contributed by atoms with Crippen molar-refractivity contribution in [2.75, 3.05) is 6.61 Å². The van der Waals surface area contributed by atoms with Gasteiger partial charge >= 0.3 is 5.97 Å². The van der Waals surface area contributed by atoms with E-state index in [1.165, 1.54) is 4.90 Å². The average Bonchev–Trinajstić information content (AvgIpc) is 3.17. The maximum atomic E-state index is 13.4. The van der Waals surface area contributed by atoms with Gasteiger partial charge < -0.3 is 19.5 Å². The summed E-state index contributed by atoms with van der Waals surface area (Å²) in [4.78, 5) is 40.5. The Morgan fingerprint density at radius 1 is 1.05 bits per heavy atom. The molecule has 2 aliphatic rings. The molecule has 3 aromatic rings. The summed E-state index contributed by atoms with van der Waals surface area (Å²) in [5, 5.41) is 11.5. The third kappa shape index (κ3) is 5.30. The molecule has 7 heteroatoms. The van der Waals surface area contributed by atoms with Crippen molar-refractivity contribution in [2.45, 2.75) is 52.3 Å². The lowest BCUT2D eigenvalue weighted by Crippen LogP contribution is -2.29. The highest BCUT2D eigenvalue weighted by Crippen LogP contribution is 2.41. The molecule has 7 nitrogen and oxygen atoms in total. The van der Waals surface area contributed by atoms with Gasteiger partial charge in [-0.15, -0.1) is 0 Å². The maximum absolute atomic E-state index is 13.4. The molecule has 0 saturated carbocycles. The molecule has 0 bridgehead atoms. The van der Waals surface area contributed by atoms with Crippen LogP contribution in [0.2, 0.25) is 0 Å². The number of aryl methyl sites for hydroxylation is 2. The summed E-state index contributed by atoms with van der Waals surface area (Å²) >= 11 is 0. The number of amides is 1. The lowest BCUT2D eigenvalue weighted by atomic mass is 9.93. The number of ketones is 1. The van der Waals surface area contributed by atoms with Crippen LogP contribution in [0.3, 0.4) is 0 Å². The quantitative estimate of drug-likeness (QED) is 0.198. The molecule has 200 valence electrons. The van der Waals surface area contributed by atoms with E-state index >= 15 is 0 Å². The van der Waals surface area contributed by atoms with Gasteiger partial charge in [-0.25, -0.2) is 4.79 Å². The van der Waals surface area contributed by atoms with E-state index in [1.54, 1.807) is 50.2 Å². The zero-order valence-electron chi connectivity index (χ0n) is 22.3. The molecular formula is C32H31NO6. The Balaban J connectivity index is 1.54. The number of likely N-dealkylation sites (tertiary alicyclic amines) is 1. The number of aliphatic hydroxyl groups is 1.